The molecule has 3 heterocycles. The molecule has 0 fully saturated rings. The highest BCUT2D eigenvalue weighted by molar-refractivity contribution is 7.17. The number of carbonyl (C=O) groups is 4. The summed E-state index contributed by atoms with van der Waals surface area (Å²) in [6.45, 7) is 4.03. The fraction of sp³-hybridized carbons (Fsp3) is 0.300. The number of hydrogen-bond donors (Lipinski definition) is 2. The molecule has 0 aliphatic heterocycles. The van der Waals surface area contributed by atoms with Crippen LogP contribution in [0.25, 0.3) is 0 Å². The smallest absolute Gasteiger partial charge is 0.311 e. The Balaban J connectivity index is 1.55. The summed E-state index contributed by atoms with van der Waals surface area (Å²) in [4.78, 5) is 57.1. The molecule has 0 bridgehead atoms. The number of rotatable bonds is 10. The van der Waals surface area contributed by atoms with Crippen molar-refractivity contribution in [2.45, 2.75) is 26.7 Å². The number of nitrogens with zero attached hydrogens (tertiary/aromatic N) is 2. The highest BCUT2D eigenvalue weighted by atomic mass is 32.1. The number of thiazole rings is 2. The Morgan fingerprint density at radius 2 is 1.21 bits per heavy atom. The van der Waals surface area contributed by atoms with Crippen molar-refractivity contribution in [2.75, 3.05) is 23.8 Å². The maximum absolute atomic E-state index is 12.5. The summed E-state index contributed by atoms with van der Waals surface area (Å²) in [6.07, 6.45) is 0.0591. The third-order valence-corrected chi connectivity index (χ3v) is 6.56. The molecule has 33 heavy (non-hydrogen) atoms. The summed E-state index contributed by atoms with van der Waals surface area (Å²) in [5, 5.41) is 9.34. The monoisotopic (exact) mass is 508 g/mol. The van der Waals surface area contributed by atoms with Crippen LogP contribution in [0.15, 0.2) is 22.9 Å². The maximum atomic E-state index is 12.5. The topological polar surface area (TPSA) is 137 Å². The number of amides is 2. The SMILES string of the molecule is CCOC(=O)Cc1csc(NC(=O)c2ccc(C(=O)Nc3nc(CC(=O)OCC)cs3)s2)n1. The Morgan fingerprint density at radius 1 is 0.788 bits per heavy atom. The number of hydrogen-bond acceptors (Lipinski definition) is 11. The summed E-state index contributed by atoms with van der Waals surface area (Å²) in [5.74, 6) is -1.60. The minimum atomic E-state index is -0.415. The second-order valence-electron chi connectivity index (χ2n) is 6.32. The molecule has 3 aromatic heterocycles. The first kappa shape index (κ1) is 24.5. The standard InChI is InChI=1S/C20H20N4O6S3/c1-3-29-15(25)7-11-9-31-19(21-11)23-17(27)13-5-6-14(33-13)18(28)24-20-22-12(10-32-20)8-16(26)30-4-2/h5-6,9-10H,3-4,7-8H2,1-2H3,(H,21,23,27)(H,22,24,28). The second-order valence-corrected chi connectivity index (χ2v) is 9.12. The van der Waals surface area contributed by atoms with E-state index in [0.717, 1.165) is 11.3 Å². The molecule has 0 atom stereocenters. The Hall–Kier alpha value is -3.16. The molecule has 0 spiro atoms. The molecular formula is C20H20N4O6S3. The first-order valence-electron chi connectivity index (χ1n) is 9.80. The van der Waals surface area contributed by atoms with Gasteiger partial charge in [-0.05, 0) is 26.0 Å². The highest BCUT2D eigenvalue weighted by Gasteiger charge is 2.17. The lowest BCUT2D eigenvalue weighted by atomic mass is 10.3. The van der Waals surface area contributed by atoms with Gasteiger partial charge in [-0.1, -0.05) is 0 Å². The first-order chi connectivity index (χ1) is 15.9. The van der Waals surface area contributed by atoms with Gasteiger partial charge >= 0.3 is 11.9 Å². The lowest BCUT2D eigenvalue weighted by Gasteiger charge is -2.00. The molecule has 174 valence electrons. The molecule has 3 rings (SSSR count). The van der Waals surface area contributed by atoms with Crippen molar-refractivity contribution in [1.29, 1.82) is 0 Å². The van der Waals surface area contributed by atoms with Gasteiger partial charge < -0.3 is 9.47 Å². The lowest BCUT2D eigenvalue weighted by Crippen LogP contribution is -2.12. The van der Waals surface area contributed by atoms with E-state index in [4.69, 9.17) is 9.47 Å². The summed E-state index contributed by atoms with van der Waals surface area (Å²) in [5.41, 5.74) is 1.01. The summed E-state index contributed by atoms with van der Waals surface area (Å²) in [6, 6.07) is 3.08. The van der Waals surface area contributed by atoms with Crippen LogP contribution in [0.1, 0.15) is 44.6 Å². The van der Waals surface area contributed by atoms with Crippen LogP contribution in [0.3, 0.4) is 0 Å². The van der Waals surface area contributed by atoms with Crippen molar-refractivity contribution in [3.05, 3.63) is 44.0 Å². The zero-order valence-electron chi connectivity index (χ0n) is 17.7. The fourth-order valence-corrected chi connectivity index (χ4v) is 4.72. The van der Waals surface area contributed by atoms with Gasteiger partial charge in [0.1, 0.15) is 0 Å². The van der Waals surface area contributed by atoms with Gasteiger partial charge in [0.25, 0.3) is 11.8 Å². The number of thiophene rings is 1. The minimum Gasteiger partial charge on any atom is -0.466 e. The van der Waals surface area contributed by atoms with Crippen LogP contribution in [0.2, 0.25) is 0 Å². The van der Waals surface area contributed by atoms with Gasteiger partial charge in [0.05, 0.1) is 47.2 Å². The van der Waals surface area contributed by atoms with Crippen molar-refractivity contribution in [2.24, 2.45) is 0 Å². The molecule has 10 nitrogen and oxygen atoms in total. The summed E-state index contributed by atoms with van der Waals surface area (Å²) < 4.78 is 9.76. The number of carbonyl (C=O) groups excluding carboxylic acids is 4. The Morgan fingerprint density at radius 3 is 1.61 bits per heavy atom. The molecule has 13 heteroatoms. The van der Waals surface area contributed by atoms with E-state index in [2.05, 4.69) is 20.6 Å². The Kier molecular flexibility index (Phi) is 8.63. The van der Waals surface area contributed by atoms with E-state index in [1.54, 1.807) is 24.6 Å². The van der Waals surface area contributed by atoms with Crippen LogP contribution in [0.5, 0.6) is 0 Å². The van der Waals surface area contributed by atoms with Crippen LogP contribution < -0.4 is 10.6 Å². The van der Waals surface area contributed by atoms with E-state index in [1.165, 1.54) is 34.8 Å². The van der Waals surface area contributed by atoms with E-state index in [0.29, 0.717) is 31.4 Å². The van der Waals surface area contributed by atoms with Gasteiger partial charge in [-0.2, -0.15) is 0 Å². The number of esters is 2. The van der Waals surface area contributed by atoms with Crippen molar-refractivity contribution in [3.8, 4) is 0 Å². The van der Waals surface area contributed by atoms with E-state index in [9.17, 15) is 19.2 Å². The average molecular weight is 509 g/mol. The number of aromatic nitrogens is 2. The van der Waals surface area contributed by atoms with Gasteiger partial charge in [-0.3, -0.25) is 29.8 Å². The molecule has 3 aromatic rings. The Bertz CT molecular complexity index is 1070. The largest absolute Gasteiger partial charge is 0.466 e. The van der Waals surface area contributed by atoms with Crippen molar-refractivity contribution < 1.29 is 28.7 Å². The highest BCUT2D eigenvalue weighted by Crippen LogP contribution is 2.23. The summed E-state index contributed by atoms with van der Waals surface area (Å²) in [7, 11) is 0. The molecule has 0 saturated heterocycles. The van der Waals surface area contributed by atoms with Gasteiger partial charge in [-0.25, -0.2) is 9.97 Å². The number of nitrogens with one attached hydrogen (secondary N) is 2. The van der Waals surface area contributed by atoms with Crippen LogP contribution in [-0.2, 0) is 31.9 Å². The van der Waals surface area contributed by atoms with Gasteiger partial charge in [0, 0.05) is 10.8 Å². The van der Waals surface area contributed by atoms with Crippen LogP contribution >= 0.6 is 34.0 Å². The van der Waals surface area contributed by atoms with Crippen LogP contribution in [0.4, 0.5) is 10.3 Å². The molecule has 0 aromatic carbocycles. The van der Waals surface area contributed by atoms with Crippen molar-refractivity contribution in [3.63, 3.8) is 0 Å². The van der Waals surface area contributed by atoms with E-state index >= 15 is 0 Å². The molecule has 0 unspecified atom stereocenters. The zero-order chi connectivity index (χ0) is 23.8. The molecule has 2 amide bonds. The van der Waals surface area contributed by atoms with E-state index in [1.807, 2.05) is 0 Å². The Labute approximate surface area is 201 Å². The fourth-order valence-electron chi connectivity index (χ4n) is 2.51. The number of ether oxygens (including phenoxy) is 2. The van der Waals surface area contributed by atoms with Crippen LogP contribution in [-0.4, -0.2) is 46.9 Å². The molecule has 0 radical (unpaired) electrons. The molecule has 0 aliphatic carbocycles. The molecule has 0 aliphatic rings. The zero-order valence-corrected chi connectivity index (χ0v) is 20.2. The summed E-state index contributed by atoms with van der Waals surface area (Å²) >= 11 is 3.40. The predicted octanol–water partition coefficient (Wildman–Crippen LogP) is 3.38. The molecule has 0 saturated carbocycles. The van der Waals surface area contributed by atoms with Crippen molar-refractivity contribution >= 4 is 68.0 Å². The third kappa shape index (κ3) is 7.17. The van der Waals surface area contributed by atoms with Crippen molar-refractivity contribution in [1.82, 2.24) is 9.97 Å². The second kappa shape index (κ2) is 11.6. The van der Waals surface area contributed by atoms with E-state index < -0.39 is 11.8 Å². The van der Waals surface area contributed by atoms with Gasteiger partial charge in [0.15, 0.2) is 10.3 Å². The average Bonchev–Trinajstić information content (AvgIpc) is 3.50. The number of anilines is 2. The quantitative estimate of drug-likeness (QED) is 0.398. The molecular weight excluding hydrogens is 488 g/mol. The predicted molar refractivity (Wildman–Crippen MR) is 125 cm³/mol. The third-order valence-electron chi connectivity index (χ3n) is 3.86. The lowest BCUT2D eigenvalue weighted by molar-refractivity contribution is -0.143. The van der Waals surface area contributed by atoms with E-state index in [-0.39, 0.29) is 38.0 Å². The molecule has 2 N–H and O–H groups in total. The van der Waals surface area contributed by atoms with Gasteiger partial charge in [0.2, 0.25) is 0 Å². The first-order valence-corrected chi connectivity index (χ1v) is 12.4. The minimum absolute atomic E-state index is 0.0296. The normalized spacial score (nSPS) is 10.5. The van der Waals surface area contributed by atoms with Gasteiger partial charge in [-0.15, -0.1) is 34.0 Å². The maximum Gasteiger partial charge on any atom is 0.311 e. The van der Waals surface area contributed by atoms with Crippen LogP contribution in [0, 0.1) is 0 Å².